The summed E-state index contributed by atoms with van der Waals surface area (Å²) in [5.74, 6) is -0.981. The van der Waals surface area contributed by atoms with Crippen molar-refractivity contribution >= 4 is 5.97 Å². The Balaban J connectivity index is 0. The maximum Gasteiger partial charge on any atom is 0.327 e. The van der Waals surface area contributed by atoms with E-state index in [1.807, 2.05) is 6.92 Å². The van der Waals surface area contributed by atoms with E-state index in [1.165, 1.54) is 0 Å². The largest absolute Gasteiger partial charge is 0.478 e. The fourth-order valence-electron chi connectivity index (χ4n) is 0.387. The highest BCUT2D eigenvalue weighted by Gasteiger charge is 1.92. The highest BCUT2D eigenvalue weighted by molar-refractivity contribution is 5.78. The molecule has 0 rings (SSSR count). The van der Waals surface area contributed by atoms with E-state index in [-0.39, 0.29) is 0 Å². The summed E-state index contributed by atoms with van der Waals surface area (Å²) in [5, 5.41) is 24.1. The van der Waals surface area contributed by atoms with E-state index in [0.717, 1.165) is 18.9 Å². The monoisotopic (exact) mass is 176 g/mol. The minimum absolute atomic E-state index is 0.510. The Bertz CT molecular complexity index is 120. The Hall–Kier alpha value is -0.870. The van der Waals surface area contributed by atoms with Crippen molar-refractivity contribution in [1.82, 2.24) is 0 Å². The molecular weight excluding hydrogens is 160 g/mol. The van der Waals surface area contributed by atoms with Crippen molar-refractivity contribution in [2.45, 2.75) is 32.5 Å². The van der Waals surface area contributed by atoms with Crippen LogP contribution in [0.25, 0.3) is 0 Å². The number of carboxylic acid groups (broad SMARTS) is 1. The zero-order valence-electron chi connectivity index (χ0n) is 7.23. The standard InChI is InChI=1S/C5H12O2.C3H4O2/c1-2-3-4-5(6)7;1-2-3(4)5/h5-7H,2-4H2,1H3;2H,1H2,(H,4,5). The van der Waals surface area contributed by atoms with Crippen LogP contribution >= 0.6 is 0 Å². The number of aliphatic carboxylic acids is 1. The van der Waals surface area contributed by atoms with E-state index in [2.05, 4.69) is 6.58 Å². The lowest BCUT2D eigenvalue weighted by atomic mass is 10.2. The summed E-state index contributed by atoms with van der Waals surface area (Å²) in [6.07, 6.45) is 2.17. The lowest BCUT2D eigenvalue weighted by Gasteiger charge is -1.97. The van der Waals surface area contributed by atoms with Gasteiger partial charge in [0.05, 0.1) is 0 Å². The van der Waals surface area contributed by atoms with Gasteiger partial charge in [-0.1, -0.05) is 19.9 Å². The van der Waals surface area contributed by atoms with Gasteiger partial charge in [0.15, 0.2) is 6.29 Å². The molecule has 0 aliphatic rings. The zero-order chi connectivity index (χ0) is 9.98. The van der Waals surface area contributed by atoms with Crippen LogP contribution < -0.4 is 0 Å². The van der Waals surface area contributed by atoms with Gasteiger partial charge in [0.25, 0.3) is 0 Å². The van der Waals surface area contributed by atoms with E-state index >= 15 is 0 Å². The Morgan fingerprint density at radius 2 is 2.00 bits per heavy atom. The molecule has 0 fully saturated rings. The van der Waals surface area contributed by atoms with Gasteiger partial charge >= 0.3 is 5.97 Å². The smallest absolute Gasteiger partial charge is 0.327 e. The van der Waals surface area contributed by atoms with Gasteiger partial charge in [0.2, 0.25) is 0 Å². The number of hydrogen-bond acceptors (Lipinski definition) is 3. The van der Waals surface area contributed by atoms with Crippen LogP contribution in [-0.4, -0.2) is 27.6 Å². The molecule has 12 heavy (non-hydrogen) atoms. The maximum atomic E-state index is 9.25. The van der Waals surface area contributed by atoms with Gasteiger partial charge in [-0.3, -0.25) is 0 Å². The van der Waals surface area contributed by atoms with E-state index < -0.39 is 12.3 Å². The first kappa shape index (κ1) is 13.7. The van der Waals surface area contributed by atoms with Gasteiger partial charge in [-0.05, 0) is 12.8 Å². The van der Waals surface area contributed by atoms with Gasteiger partial charge in [0, 0.05) is 6.08 Å². The van der Waals surface area contributed by atoms with E-state index in [4.69, 9.17) is 15.3 Å². The highest BCUT2D eigenvalue weighted by Crippen LogP contribution is 1.95. The predicted molar refractivity (Wildman–Crippen MR) is 45.6 cm³/mol. The third-order valence-electron chi connectivity index (χ3n) is 0.990. The molecule has 72 valence electrons. The van der Waals surface area contributed by atoms with Gasteiger partial charge in [-0.25, -0.2) is 4.79 Å². The molecule has 4 heteroatoms. The molecule has 0 aromatic heterocycles. The van der Waals surface area contributed by atoms with E-state index in [0.29, 0.717) is 6.42 Å². The molecule has 0 atom stereocenters. The van der Waals surface area contributed by atoms with E-state index in [1.54, 1.807) is 0 Å². The number of aliphatic hydroxyl groups excluding tert-OH is 1. The van der Waals surface area contributed by atoms with Crippen molar-refractivity contribution < 1.29 is 20.1 Å². The third kappa shape index (κ3) is 22.9. The fourth-order valence-corrected chi connectivity index (χ4v) is 0.387. The first-order valence-corrected chi connectivity index (χ1v) is 3.76. The van der Waals surface area contributed by atoms with Crippen LogP contribution in [-0.2, 0) is 4.79 Å². The van der Waals surface area contributed by atoms with Gasteiger partial charge in [0.1, 0.15) is 0 Å². The van der Waals surface area contributed by atoms with Crippen LogP contribution in [0, 0.1) is 0 Å². The van der Waals surface area contributed by atoms with Gasteiger partial charge in [-0.15, -0.1) is 0 Å². The van der Waals surface area contributed by atoms with E-state index in [9.17, 15) is 4.79 Å². The minimum Gasteiger partial charge on any atom is -0.478 e. The van der Waals surface area contributed by atoms with Crippen molar-refractivity contribution in [3.63, 3.8) is 0 Å². The molecule has 0 spiro atoms. The van der Waals surface area contributed by atoms with Crippen LogP contribution in [0.4, 0.5) is 0 Å². The molecule has 0 aliphatic heterocycles. The summed E-state index contributed by atoms with van der Waals surface area (Å²) >= 11 is 0. The first-order chi connectivity index (χ1) is 5.54. The molecule has 0 aliphatic carbocycles. The summed E-state index contributed by atoms with van der Waals surface area (Å²) in [5.41, 5.74) is 0. The molecule has 4 nitrogen and oxygen atoms in total. The Kier molecular flexibility index (Phi) is 11.6. The summed E-state index contributed by atoms with van der Waals surface area (Å²) in [6.45, 7) is 4.98. The average molecular weight is 176 g/mol. The summed E-state index contributed by atoms with van der Waals surface area (Å²) in [7, 11) is 0. The lowest BCUT2D eigenvalue weighted by Crippen LogP contribution is -2.02. The van der Waals surface area contributed by atoms with Gasteiger partial charge in [-0.2, -0.15) is 0 Å². The highest BCUT2D eigenvalue weighted by atomic mass is 16.5. The summed E-state index contributed by atoms with van der Waals surface area (Å²) in [6, 6.07) is 0. The summed E-state index contributed by atoms with van der Waals surface area (Å²) in [4.78, 5) is 9.25. The molecule has 3 N–H and O–H groups in total. The molecule has 0 radical (unpaired) electrons. The summed E-state index contributed by atoms with van der Waals surface area (Å²) < 4.78 is 0. The Labute approximate surface area is 72.2 Å². The molecular formula is C8H16O4. The molecule has 0 heterocycles. The molecule has 0 unspecified atom stereocenters. The molecule has 0 saturated heterocycles. The third-order valence-corrected chi connectivity index (χ3v) is 0.990. The van der Waals surface area contributed by atoms with Crippen LogP contribution in [0.2, 0.25) is 0 Å². The quantitative estimate of drug-likeness (QED) is 0.436. The molecule has 0 aromatic carbocycles. The molecule has 0 aromatic rings. The normalized spacial score (nSPS) is 8.67. The van der Waals surface area contributed by atoms with Crippen LogP contribution in [0.15, 0.2) is 12.7 Å². The first-order valence-electron chi connectivity index (χ1n) is 3.76. The number of hydrogen-bond donors (Lipinski definition) is 3. The molecule has 0 amide bonds. The molecule has 0 bridgehead atoms. The average Bonchev–Trinajstić information content (AvgIpc) is 2.02. The maximum absolute atomic E-state index is 9.25. The number of carbonyl (C=O) groups is 1. The SMILES string of the molecule is C=CC(=O)O.CCCCC(O)O. The second-order valence-electron chi connectivity index (χ2n) is 2.17. The Morgan fingerprint density at radius 1 is 1.58 bits per heavy atom. The van der Waals surface area contributed by atoms with Crippen molar-refractivity contribution in [2.75, 3.05) is 0 Å². The topological polar surface area (TPSA) is 77.8 Å². The van der Waals surface area contributed by atoms with Crippen molar-refractivity contribution in [3.05, 3.63) is 12.7 Å². The second-order valence-corrected chi connectivity index (χ2v) is 2.17. The molecule has 0 saturated carbocycles. The van der Waals surface area contributed by atoms with Gasteiger partial charge < -0.3 is 15.3 Å². The van der Waals surface area contributed by atoms with Crippen LogP contribution in [0.5, 0.6) is 0 Å². The number of unbranched alkanes of at least 4 members (excludes halogenated alkanes) is 1. The lowest BCUT2D eigenvalue weighted by molar-refractivity contribution is -0.131. The number of carboxylic acids is 1. The van der Waals surface area contributed by atoms with Crippen molar-refractivity contribution in [2.24, 2.45) is 0 Å². The van der Waals surface area contributed by atoms with Crippen LogP contribution in [0.3, 0.4) is 0 Å². The second kappa shape index (κ2) is 10.1. The zero-order valence-corrected chi connectivity index (χ0v) is 7.23. The predicted octanol–water partition coefficient (Wildman–Crippen LogP) is 0.744. The number of aliphatic hydroxyl groups is 2. The van der Waals surface area contributed by atoms with Crippen molar-refractivity contribution in [3.8, 4) is 0 Å². The number of rotatable bonds is 4. The fraction of sp³-hybridized carbons (Fsp3) is 0.625. The van der Waals surface area contributed by atoms with Crippen LogP contribution in [0.1, 0.15) is 26.2 Å². The minimum atomic E-state index is -1.10. The Morgan fingerprint density at radius 3 is 2.08 bits per heavy atom. The van der Waals surface area contributed by atoms with Crippen molar-refractivity contribution in [1.29, 1.82) is 0 Å².